The Labute approximate surface area is 123 Å². The molecule has 0 bridgehead atoms. The molecule has 0 fully saturated rings. The SMILES string of the molecule is O=C(OCCOCCO)c1ccc(-c2ccccc2)cc1. The second-order valence-electron chi connectivity index (χ2n) is 4.42. The molecule has 2 aromatic carbocycles. The standard InChI is InChI=1S/C17H18O4/c18-10-11-20-12-13-21-17(19)16-8-6-15(7-9-16)14-4-2-1-3-5-14/h1-9,18H,10-13H2. The topological polar surface area (TPSA) is 55.8 Å². The minimum atomic E-state index is -0.373. The maximum absolute atomic E-state index is 11.8. The van der Waals surface area contributed by atoms with E-state index < -0.39 is 0 Å². The molecule has 2 aromatic rings. The molecule has 0 heterocycles. The molecule has 0 spiro atoms. The van der Waals surface area contributed by atoms with Crippen molar-refractivity contribution in [3.05, 3.63) is 60.2 Å². The smallest absolute Gasteiger partial charge is 0.338 e. The van der Waals surface area contributed by atoms with Crippen molar-refractivity contribution in [3.63, 3.8) is 0 Å². The molecule has 0 saturated carbocycles. The summed E-state index contributed by atoms with van der Waals surface area (Å²) < 4.78 is 10.1. The maximum atomic E-state index is 11.8. The molecule has 0 atom stereocenters. The van der Waals surface area contributed by atoms with E-state index in [1.54, 1.807) is 12.1 Å². The molecule has 4 heteroatoms. The van der Waals surface area contributed by atoms with Gasteiger partial charge in [-0.25, -0.2) is 4.79 Å². The minimum Gasteiger partial charge on any atom is -0.460 e. The Balaban J connectivity index is 1.88. The minimum absolute atomic E-state index is 0.0328. The maximum Gasteiger partial charge on any atom is 0.338 e. The lowest BCUT2D eigenvalue weighted by Crippen LogP contribution is -2.12. The number of hydrogen-bond acceptors (Lipinski definition) is 4. The first-order valence-corrected chi connectivity index (χ1v) is 6.82. The van der Waals surface area contributed by atoms with E-state index >= 15 is 0 Å². The van der Waals surface area contributed by atoms with E-state index in [0.29, 0.717) is 5.56 Å². The first kappa shape index (κ1) is 15.2. The molecule has 0 unspecified atom stereocenters. The van der Waals surface area contributed by atoms with E-state index in [9.17, 15) is 4.79 Å². The van der Waals surface area contributed by atoms with E-state index in [0.717, 1.165) is 11.1 Å². The number of rotatable bonds is 7. The average molecular weight is 286 g/mol. The van der Waals surface area contributed by atoms with Crippen LogP contribution in [0.4, 0.5) is 0 Å². The van der Waals surface area contributed by atoms with Crippen molar-refractivity contribution in [3.8, 4) is 11.1 Å². The van der Waals surface area contributed by atoms with Gasteiger partial charge < -0.3 is 14.6 Å². The van der Waals surface area contributed by atoms with Crippen LogP contribution in [0.2, 0.25) is 0 Å². The number of carbonyl (C=O) groups is 1. The van der Waals surface area contributed by atoms with Crippen molar-refractivity contribution in [1.82, 2.24) is 0 Å². The number of esters is 1. The van der Waals surface area contributed by atoms with Gasteiger partial charge in [0, 0.05) is 0 Å². The van der Waals surface area contributed by atoms with Gasteiger partial charge in [0.25, 0.3) is 0 Å². The lowest BCUT2D eigenvalue weighted by Gasteiger charge is -2.06. The van der Waals surface area contributed by atoms with Crippen molar-refractivity contribution in [2.24, 2.45) is 0 Å². The fraction of sp³-hybridized carbons (Fsp3) is 0.235. The first-order valence-electron chi connectivity index (χ1n) is 6.82. The summed E-state index contributed by atoms with van der Waals surface area (Å²) in [5.41, 5.74) is 2.67. The largest absolute Gasteiger partial charge is 0.460 e. The summed E-state index contributed by atoms with van der Waals surface area (Å²) in [6.07, 6.45) is 0. The Bertz CT molecular complexity index is 549. The Kier molecular flexibility index (Phi) is 5.94. The highest BCUT2D eigenvalue weighted by molar-refractivity contribution is 5.90. The molecule has 4 nitrogen and oxygen atoms in total. The quantitative estimate of drug-likeness (QED) is 0.627. The normalized spacial score (nSPS) is 10.3. The van der Waals surface area contributed by atoms with Crippen LogP contribution in [-0.4, -0.2) is 37.5 Å². The van der Waals surface area contributed by atoms with E-state index in [1.165, 1.54) is 0 Å². The fourth-order valence-electron chi connectivity index (χ4n) is 1.87. The molecule has 0 aromatic heterocycles. The molecule has 0 aliphatic carbocycles. The summed E-state index contributed by atoms with van der Waals surface area (Å²) in [4.78, 5) is 11.8. The van der Waals surface area contributed by atoms with Gasteiger partial charge in [0.05, 0.1) is 25.4 Å². The summed E-state index contributed by atoms with van der Waals surface area (Å²) in [5, 5.41) is 8.54. The lowest BCUT2D eigenvalue weighted by atomic mass is 10.0. The number of ether oxygens (including phenoxy) is 2. The van der Waals surface area contributed by atoms with Crippen LogP contribution in [0.1, 0.15) is 10.4 Å². The Morgan fingerprint density at radius 3 is 2.19 bits per heavy atom. The molecule has 0 saturated heterocycles. The van der Waals surface area contributed by atoms with Crippen LogP contribution >= 0.6 is 0 Å². The molecule has 0 aliphatic rings. The van der Waals surface area contributed by atoms with E-state index in [4.69, 9.17) is 14.6 Å². The van der Waals surface area contributed by atoms with Crippen LogP contribution in [0.25, 0.3) is 11.1 Å². The van der Waals surface area contributed by atoms with Gasteiger partial charge in [0.1, 0.15) is 6.61 Å². The van der Waals surface area contributed by atoms with Crippen molar-refractivity contribution >= 4 is 5.97 Å². The zero-order chi connectivity index (χ0) is 14.9. The first-order chi connectivity index (χ1) is 10.3. The van der Waals surface area contributed by atoms with Gasteiger partial charge in [0.2, 0.25) is 0 Å². The molecule has 21 heavy (non-hydrogen) atoms. The average Bonchev–Trinajstić information content (AvgIpc) is 2.55. The zero-order valence-electron chi connectivity index (χ0n) is 11.7. The number of benzene rings is 2. The van der Waals surface area contributed by atoms with Crippen LogP contribution in [0, 0.1) is 0 Å². The van der Waals surface area contributed by atoms with Gasteiger partial charge in [-0.15, -0.1) is 0 Å². The molecule has 0 radical (unpaired) electrons. The van der Waals surface area contributed by atoms with Gasteiger partial charge in [-0.1, -0.05) is 42.5 Å². The van der Waals surface area contributed by atoms with Crippen molar-refractivity contribution < 1.29 is 19.4 Å². The second-order valence-corrected chi connectivity index (χ2v) is 4.42. The van der Waals surface area contributed by atoms with Crippen LogP contribution in [0.5, 0.6) is 0 Å². The Hall–Kier alpha value is -2.17. The Morgan fingerprint density at radius 1 is 0.857 bits per heavy atom. The van der Waals surface area contributed by atoms with Crippen LogP contribution in [0.3, 0.4) is 0 Å². The summed E-state index contributed by atoms with van der Waals surface area (Å²) in [6, 6.07) is 17.3. The predicted octanol–water partition coefficient (Wildman–Crippen LogP) is 2.52. The highest BCUT2D eigenvalue weighted by Crippen LogP contribution is 2.19. The van der Waals surface area contributed by atoms with Gasteiger partial charge in [-0.3, -0.25) is 0 Å². The molecular formula is C17H18O4. The monoisotopic (exact) mass is 286 g/mol. The summed E-state index contributed by atoms with van der Waals surface area (Å²) >= 11 is 0. The highest BCUT2D eigenvalue weighted by atomic mass is 16.6. The molecule has 0 aliphatic heterocycles. The van der Waals surface area contributed by atoms with E-state index in [-0.39, 0.29) is 32.4 Å². The molecule has 1 N–H and O–H groups in total. The number of hydrogen-bond donors (Lipinski definition) is 1. The summed E-state index contributed by atoms with van der Waals surface area (Å²) in [6.45, 7) is 0.686. The summed E-state index contributed by atoms with van der Waals surface area (Å²) in [5.74, 6) is -0.373. The van der Waals surface area contributed by atoms with Crippen LogP contribution in [0.15, 0.2) is 54.6 Å². The fourth-order valence-corrected chi connectivity index (χ4v) is 1.87. The van der Waals surface area contributed by atoms with Crippen molar-refractivity contribution in [2.75, 3.05) is 26.4 Å². The highest BCUT2D eigenvalue weighted by Gasteiger charge is 2.07. The third kappa shape index (κ3) is 4.70. The number of aliphatic hydroxyl groups excluding tert-OH is 1. The molecular weight excluding hydrogens is 268 g/mol. The predicted molar refractivity (Wildman–Crippen MR) is 80.1 cm³/mol. The van der Waals surface area contributed by atoms with Crippen LogP contribution < -0.4 is 0 Å². The van der Waals surface area contributed by atoms with Gasteiger partial charge in [-0.05, 0) is 23.3 Å². The third-order valence-corrected chi connectivity index (χ3v) is 2.92. The second kappa shape index (κ2) is 8.19. The molecule has 0 amide bonds. The number of carbonyl (C=O) groups excluding carboxylic acids is 1. The van der Waals surface area contributed by atoms with Gasteiger partial charge in [-0.2, -0.15) is 0 Å². The van der Waals surface area contributed by atoms with Crippen LogP contribution in [-0.2, 0) is 9.47 Å². The summed E-state index contributed by atoms with van der Waals surface area (Å²) in [7, 11) is 0. The van der Waals surface area contributed by atoms with Crippen molar-refractivity contribution in [2.45, 2.75) is 0 Å². The lowest BCUT2D eigenvalue weighted by molar-refractivity contribution is 0.0258. The zero-order valence-corrected chi connectivity index (χ0v) is 11.7. The molecule has 110 valence electrons. The van der Waals surface area contributed by atoms with Crippen molar-refractivity contribution in [1.29, 1.82) is 0 Å². The third-order valence-electron chi connectivity index (χ3n) is 2.92. The van der Waals surface area contributed by atoms with Gasteiger partial charge >= 0.3 is 5.97 Å². The molecule has 2 rings (SSSR count). The Morgan fingerprint density at radius 2 is 1.52 bits per heavy atom. The van der Waals surface area contributed by atoms with E-state index in [2.05, 4.69) is 0 Å². The van der Waals surface area contributed by atoms with Gasteiger partial charge in [0.15, 0.2) is 0 Å². The number of aliphatic hydroxyl groups is 1. The van der Waals surface area contributed by atoms with E-state index in [1.807, 2.05) is 42.5 Å².